The van der Waals surface area contributed by atoms with E-state index in [4.69, 9.17) is 0 Å². The molecule has 0 unspecified atom stereocenters. The van der Waals surface area contributed by atoms with E-state index in [0.29, 0.717) is 11.4 Å². The molecule has 3 aromatic heterocycles. The predicted molar refractivity (Wildman–Crippen MR) is 104 cm³/mol. The number of para-hydroxylation sites is 1. The van der Waals surface area contributed by atoms with Crippen LogP contribution in [-0.4, -0.2) is 22.4 Å². The van der Waals surface area contributed by atoms with Crippen LogP contribution in [0.5, 0.6) is 0 Å². The van der Waals surface area contributed by atoms with Crippen LogP contribution in [0.15, 0.2) is 47.3 Å². The van der Waals surface area contributed by atoms with Gasteiger partial charge in [-0.3, -0.25) is 4.79 Å². The number of carbonyl (C=O) groups excluding carboxylic acids is 1. The van der Waals surface area contributed by atoms with Gasteiger partial charge in [-0.1, -0.05) is 18.2 Å². The fourth-order valence-electron chi connectivity index (χ4n) is 2.85. The van der Waals surface area contributed by atoms with E-state index < -0.39 is 0 Å². The summed E-state index contributed by atoms with van der Waals surface area (Å²) in [5.41, 5.74) is 4.21. The fraction of sp³-hybridized carbons (Fsp3) is 0.158. The molecule has 0 radical (unpaired) electrons. The number of thiazole rings is 1. The smallest absolute Gasteiger partial charge is 0.263 e. The topological polar surface area (TPSA) is 57.8 Å². The predicted octanol–water partition coefficient (Wildman–Crippen LogP) is 4.63. The van der Waals surface area contributed by atoms with Crippen LogP contribution in [0, 0.1) is 6.92 Å². The molecule has 0 bridgehead atoms. The molecule has 0 saturated carbocycles. The van der Waals surface area contributed by atoms with E-state index in [1.165, 1.54) is 22.3 Å². The van der Waals surface area contributed by atoms with Crippen LogP contribution < -0.4 is 5.32 Å². The Morgan fingerprint density at radius 2 is 2.16 bits per heavy atom. The molecule has 1 amide bonds. The molecule has 0 aliphatic heterocycles. The number of aromatic amines is 1. The lowest BCUT2D eigenvalue weighted by Gasteiger charge is -2.03. The van der Waals surface area contributed by atoms with E-state index in [-0.39, 0.29) is 5.91 Å². The van der Waals surface area contributed by atoms with Gasteiger partial charge in [-0.05, 0) is 36.4 Å². The summed E-state index contributed by atoms with van der Waals surface area (Å²) in [7, 11) is 0. The Morgan fingerprint density at radius 3 is 3.00 bits per heavy atom. The molecule has 4 aromatic rings. The van der Waals surface area contributed by atoms with Crippen molar-refractivity contribution in [2.45, 2.75) is 13.3 Å². The fourth-order valence-corrected chi connectivity index (χ4v) is 4.54. The Bertz CT molecular complexity index is 1010. The Hall–Kier alpha value is -2.44. The summed E-state index contributed by atoms with van der Waals surface area (Å²) in [6, 6.07) is 10.2. The van der Waals surface area contributed by atoms with Gasteiger partial charge in [-0.15, -0.1) is 11.3 Å². The monoisotopic (exact) mass is 367 g/mol. The van der Waals surface area contributed by atoms with Crippen LogP contribution in [0.3, 0.4) is 0 Å². The van der Waals surface area contributed by atoms with Crippen molar-refractivity contribution in [1.29, 1.82) is 0 Å². The molecule has 25 heavy (non-hydrogen) atoms. The molecule has 2 N–H and O–H groups in total. The van der Waals surface area contributed by atoms with E-state index in [9.17, 15) is 4.79 Å². The summed E-state index contributed by atoms with van der Waals surface area (Å²) in [6.45, 7) is 2.49. The van der Waals surface area contributed by atoms with Crippen molar-refractivity contribution in [1.82, 2.24) is 15.3 Å². The number of amides is 1. The first kappa shape index (κ1) is 16.1. The van der Waals surface area contributed by atoms with Crippen molar-refractivity contribution in [3.63, 3.8) is 0 Å². The zero-order valence-electron chi connectivity index (χ0n) is 13.7. The number of H-pyrrole nitrogens is 1. The summed E-state index contributed by atoms with van der Waals surface area (Å²) in [5.74, 6) is -0.0451. The van der Waals surface area contributed by atoms with Gasteiger partial charge in [0.1, 0.15) is 9.88 Å². The van der Waals surface area contributed by atoms with Gasteiger partial charge in [0, 0.05) is 34.6 Å². The molecule has 0 saturated heterocycles. The van der Waals surface area contributed by atoms with Crippen LogP contribution in [0.4, 0.5) is 0 Å². The molecule has 0 aliphatic rings. The number of hydrogen-bond donors (Lipinski definition) is 2. The first-order valence-electron chi connectivity index (χ1n) is 8.05. The third kappa shape index (κ3) is 3.23. The number of thiophene rings is 1. The Kier molecular flexibility index (Phi) is 4.38. The maximum Gasteiger partial charge on any atom is 0.263 e. The SMILES string of the molecule is Cc1nc(-c2ccsc2)sc1C(=O)NCCc1c[nH]c2ccccc12. The van der Waals surface area contributed by atoms with Gasteiger partial charge in [-0.25, -0.2) is 4.98 Å². The second kappa shape index (κ2) is 6.82. The first-order chi connectivity index (χ1) is 12.2. The molecule has 6 heteroatoms. The van der Waals surface area contributed by atoms with Gasteiger partial charge in [-0.2, -0.15) is 11.3 Å². The molecular weight excluding hydrogens is 350 g/mol. The second-order valence-electron chi connectivity index (χ2n) is 5.81. The lowest BCUT2D eigenvalue weighted by molar-refractivity contribution is 0.0957. The Labute approximate surface area is 153 Å². The number of carbonyl (C=O) groups is 1. The molecule has 0 fully saturated rings. The number of nitrogens with one attached hydrogen (secondary N) is 2. The Balaban J connectivity index is 1.42. The zero-order chi connectivity index (χ0) is 17.2. The van der Waals surface area contributed by atoms with Crippen molar-refractivity contribution < 1.29 is 4.79 Å². The minimum Gasteiger partial charge on any atom is -0.361 e. The van der Waals surface area contributed by atoms with Gasteiger partial charge >= 0.3 is 0 Å². The molecule has 4 nitrogen and oxygen atoms in total. The van der Waals surface area contributed by atoms with Gasteiger partial charge in [0.2, 0.25) is 0 Å². The van der Waals surface area contributed by atoms with Crippen molar-refractivity contribution in [2.24, 2.45) is 0 Å². The Morgan fingerprint density at radius 1 is 1.28 bits per heavy atom. The average Bonchev–Trinajstić information content (AvgIpc) is 3.34. The summed E-state index contributed by atoms with van der Waals surface area (Å²) in [5, 5.41) is 9.21. The minimum absolute atomic E-state index is 0.0451. The quantitative estimate of drug-likeness (QED) is 0.540. The summed E-state index contributed by atoms with van der Waals surface area (Å²) in [4.78, 5) is 21.0. The normalized spacial score (nSPS) is 11.1. The van der Waals surface area contributed by atoms with E-state index >= 15 is 0 Å². The lowest BCUT2D eigenvalue weighted by atomic mass is 10.1. The molecule has 4 rings (SSSR count). The van der Waals surface area contributed by atoms with Crippen molar-refractivity contribution in [3.05, 3.63) is 63.4 Å². The second-order valence-corrected chi connectivity index (χ2v) is 7.59. The molecule has 0 spiro atoms. The van der Waals surface area contributed by atoms with E-state index in [1.807, 2.05) is 36.7 Å². The molecule has 1 aromatic carbocycles. The van der Waals surface area contributed by atoms with E-state index in [1.54, 1.807) is 11.3 Å². The maximum atomic E-state index is 12.5. The van der Waals surface area contributed by atoms with Crippen molar-refractivity contribution in [3.8, 4) is 10.6 Å². The van der Waals surface area contributed by atoms with E-state index in [2.05, 4.69) is 32.8 Å². The van der Waals surface area contributed by atoms with Gasteiger partial charge in [0.15, 0.2) is 0 Å². The maximum absolute atomic E-state index is 12.5. The molecule has 3 heterocycles. The number of hydrogen-bond acceptors (Lipinski definition) is 4. The van der Waals surface area contributed by atoms with Crippen LogP contribution in [-0.2, 0) is 6.42 Å². The third-order valence-electron chi connectivity index (χ3n) is 4.13. The minimum atomic E-state index is -0.0451. The third-order valence-corrected chi connectivity index (χ3v) is 6.01. The number of rotatable bonds is 5. The van der Waals surface area contributed by atoms with Crippen molar-refractivity contribution in [2.75, 3.05) is 6.54 Å². The number of fused-ring (bicyclic) bond motifs is 1. The summed E-state index contributed by atoms with van der Waals surface area (Å²) < 4.78 is 0. The highest BCUT2D eigenvalue weighted by Gasteiger charge is 2.16. The lowest BCUT2D eigenvalue weighted by Crippen LogP contribution is -2.25. The van der Waals surface area contributed by atoms with Crippen LogP contribution in [0.1, 0.15) is 20.9 Å². The zero-order valence-corrected chi connectivity index (χ0v) is 15.3. The van der Waals surface area contributed by atoms with Gasteiger partial charge in [0.05, 0.1) is 5.69 Å². The molecular formula is C19H17N3OS2. The highest BCUT2D eigenvalue weighted by atomic mass is 32.1. The van der Waals surface area contributed by atoms with Crippen molar-refractivity contribution >= 4 is 39.5 Å². The average molecular weight is 367 g/mol. The van der Waals surface area contributed by atoms with Gasteiger partial charge in [0.25, 0.3) is 5.91 Å². The highest BCUT2D eigenvalue weighted by Crippen LogP contribution is 2.29. The number of benzene rings is 1. The number of aromatic nitrogens is 2. The highest BCUT2D eigenvalue weighted by molar-refractivity contribution is 7.17. The van der Waals surface area contributed by atoms with Gasteiger partial charge < -0.3 is 10.3 Å². The van der Waals surface area contributed by atoms with E-state index in [0.717, 1.165) is 28.2 Å². The summed E-state index contributed by atoms with van der Waals surface area (Å²) in [6.07, 6.45) is 2.81. The largest absolute Gasteiger partial charge is 0.361 e. The summed E-state index contributed by atoms with van der Waals surface area (Å²) >= 11 is 3.09. The number of aryl methyl sites for hydroxylation is 1. The first-order valence-corrected chi connectivity index (χ1v) is 9.81. The van der Waals surface area contributed by atoms with Crippen LogP contribution >= 0.6 is 22.7 Å². The molecule has 0 atom stereocenters. The molecule has 126 valence electrons. The van der Waals surface area contributed by atoms with Crippen LogP contribution in [0.2, 0.25) is 0 Å². The number of nitrogens with zero attached hydrogens (tertiary/aromatic N) is 1. The molecule has 0 aliphatic carbocycles. The standard InChI is InChI=1S/C19H17N3OS2/c1-12-17(25-19(22-12)14-7-9-24-11-14)18(23)20-8-6-13-10-21-16-5-3-2-4-15(13)16/h2-5,7,9-11,21H,6,8H2,1H3,(H,20,23). The van der Waals surface area contributed by atoms with Crippen LogP contribution in [0.25, 0.3) is 21.5 Å².